The molecule has 0 unspecified atom stereocenters. The van der Waals surface area contributed by atoms with E-state index in [0.29, 0.717) is 36.2 Å². The number of ether oxygens (including phenoxy) is 2. The summed E-state index contributed by atoms with van der Waals surface area (Å²) in [7, 11) is 0. The molecule has 3 saturated heterocycles. The Balaban J connectivity index is 1.05. The highest BCUT2D eigenvalue weighted by molar-refractivity contribution is 5.92. The molecule has 7 rings (SSSR count). The normalized spacial score (nSPS) is 21.2. The summed E-state index contributed by atoms with van der Waals surface area (Å²) in [4.78, 5) is 24.6. The summed E-state index contributed by atoms with van der Waals surface area (Å²) >= 11 is 0. The zero-order valence-corrected chi connectivity index (χ0v) is 24.0. The number of halogens is 1. The molecular formula is C34H37FN4O3. The fourth-order valence-electron chi connectivity index (χ4n) is 6.90. The zero-order chi connectivity index (χ0) is 28.7. The van der Waals surface area contributed by atoms with Gasteiger partial charge in [-0.3, -0.25) is 9.69 Å². The Labute approximate surface area is 246 Å². The van der Waals surface area contributed by atoms with Gasteiger partial charge in [0.1, 0.15) is 17.3 Å². The number of nitrogens with zero attached hydrogens (tertiary/aromatic N) is 3. The van der Waals surface area contributed by atoms with Gasteiger partial charge in [0.05, 0.1) is 25.3 Å². The van der Waals surface area contributed by atoms with E-state index in [1.807, 2.05) is 19.1 Å². The summed E-state index contributed by atoms with van der Waals surface area (Å²) in [5, 5.41) is 3.10. The lowest BCUT2D eigenvalue weighted by Gasteiger charge is -2.60. The number of nitrogens with one attached hydrogen (secondary N) is 1. The lowest BCUT2D eigenvalue weighted by Crippen LogP contribution is -2.67. The summed E-state index contributed by atoms with van der Waals surface area (Å²) in [6, 6.07) is 17.3. The van der Waals surface area contributed by atoms with Crippen LogP contribution in [0.4, 0.5) is 4.39 Å². The Hall–Kier alpha value is -3.46. The van der Waals surface area contributed by atoms with E-state index < -0.39 is 0 Å². The first kappa shape index (κ1) is 27.4. The van der Waals surface area contributed by atoms with Crippen molar-refractivity contribution >= 4 is 11.5 Å². The SMILES string of the molecule is C[C@@H](NC(=O)c1ccnc(C2CCOCC2)n1)c1ccc(C(=C2CC3(C2)CN(C2COC2)C3)c2ccc(F)cc2)cc1. The minimum absolute atomic E-state index is 0.196. The average Bonchev–Trinajstić information content (AvgIpc) is 2.95. The number of rotatable bonds is 7. The molecule has 1 aliphatic carbocycles. The Morgan fingerprint density at radius 2 is 1.64 bits per heavy atom. The molecule has 4 heterocycles. The minimum Gasteiger partial charge on any atom is -0.381 e. The van der Waals surface area contributed by atoms with Crippen LogP contribution in [-0.4, -0.2) is 66.3 Å². The second-order valence-electron chi connectivity index (χ2n) is 12.4. The molecule has 8 heteroatoms. The van der Waals surface area contributed by atoms with Crippen LogP contribution in [0.25, 0.3) is 5.57 Å². The Kier molecular flexibility index (Phi) is 7.38. The second-order valence-corrected chi connectivity index (χ2v) is 12.4. The van der Waals surface area contributed by atoms with Crippen LogP contribution in [0.15, 0.2) is 66.4 Å². The highest BCUT2D eigenvalue weighted by Gasteiger charge is 2.53. The molecule has 1 spiro atoms. The maximum absolute atomic E-state index is 13.8. The standard InChI is InChI=1S/C34H37FN4O3/c1-22(37-33(40)30-10-13-36-32(38-30)26-11-14-41-15-12-26)23-2-4-24(5-3-23)31(25-6-8-28(35)9-7-25)27-16-34(17-27)20-39(21-34)29-18-42-19-29/h2-10,13,22,26,29H,11-12,14-21H2,1H3,(H,37,40)/t22-/m1/s1. The maximum Gasteiger partial charge on any atom is 0.270 e. The van der Waals surface area contributed by atoms with Crippen molar-refractivity contribution < 1.29 is 18.7 Å². The van der Waals surface area contributed by atoms with Gasteiger partial charge in [0.15, 0.2) is 0 Å². The first-order chi connectivity index (χ1) is 20.5. The Morgan fingerprint density at radius 3 is 2.29 bits per heavy atom. The summed E-state index contributed by atoms with van der Waals surface area (Å²) in [5.74, 6) is 0.508. The molecule has 1 N–H and O–H groups in total. The molecule has 1 amide bonds. The summed E-state index contributed by atoms with van der Waals surface area (Å²) in [5.41, 5.74) is 6.58. The van der Waals surface area contributed by atoms with E-state index in [4.69, 9.17) is 9.47 Å². The molecule has 1 aromatic heterocycles. The summed E-state index contributed by atoms with van der Waals surface area (Å²) in [6.07, 6.45) is 5.57. The van der Waals surface area contributed by atoms with E-state index in [9.17, 15) is 9.18 Å². The lowest BCUT2D eigenvalue weighted by atomic mass is 9.58. The van der Waals surface area contributed by atoms with Crippen LogP contribution in [-0.2, 0) is 9.47 Å². The van der Waals surface area contributed by atoms with Gasteiger partial charge < -0.3 is 14.8 Å². The topological polar surface area (TPSA) is 76.6 Å². The van der Waals surface area contributed by atoms with Crippen LogP contribution in [0.1, 0.15) is 77.6 Å². The quantitative estimate of drug-likeness (QED) is 0.417. The van der Waals surface area contributed by atoms with Gasteiger partial charge >= 0.3 is 0 Å². The Morgan fingerprint density at radius 1 is 0.976 bits per heavy atom. The van der Waals surface area contributed by atoms with Crippen LogP contribution >= 0.6 is 0 Å². The molecule has 0 bridgehead atoms. The third-order valence-electron chi connectivity index (χ3n) is 9.42. The van der Waals surface area contributed by atoms with E-state index in [0.717, 1.165) is 68.7 Å². The van der Waals surface area contributed by atoms with Crippen molar-refractivity contribution in [2.24, 2.45) is 5.41 Å². The number of hydrogen-bond acceptors (Lipinski definition) is 6. The van der Waals surface area contributed by atoms with Crippen molar-refractivity contribution in [2.75, 3.05) is 39.5 Å². The predicted molar refractivity (Wildman–Crippen MR) is 157 cm³/mol. The first-order valence-electron chi connectivity index (χ1n) is 15.1. The number of allylic oxidation sites excluding steroid dienone is 1. The first-order valence-corrected chi connectivity index (χ1v) is 15.1. The minimum atomic E-state index is -0.228. The fourth-order valence-corrected chi connectivity index (χ4v) is 6.90. The monoisotopic (exact) mass is 568 g/mol. The van der Waals surface area contributed by atoms with Gasteiger partial charge in [0.25, 0.3) is 5.91 Å². The van der Waals surface area contributed by atoms with Crippen LogP contribution in [0.2, 0.25) is 0 Å². The summed E-state index contributed by atoms with van der Waals surface area (Å²) < 4.78 is 24.6. The van der Waals surface area contributed by atoms with Crippen LogP contribution in [0, 0.1) is 11.2 Å². The van der Waals surface area contributed by atoms with Crippen molar-refractivity contribution in [1.82, 2.24) is 20.2 Å². The molecule has 1 saturated carbocycles. The van der Waals surface area contributed by atoms with Gasteiger partial charge in [-0.1, -0.05) is 42.0 Å². The third-order valence-corrected chi connectivity index (χ3v) is 9.42. The van der Waals surface area contributed by atoms with Crippen LogP contribution in [0.3, 0.4) is 0 Å². The van der Waals surface area contributed by atoms with E-state index >= 15 is 0 Å². The van der Waals surface area contributed by atoms with Crippen molar-refractivity contribution in [3.8, 4) is 0 Å². The highest BCUT2D eigenvalue weighted by atomic mass is 19.1. The van der Waals surface area contributed by atoms with Gasteiger partial charge in [-0.05, 0) is 73.1 Å². The van der Waals surface area contributed by atoms with E-state index in [-0.39, 0.29) is 23.7 Å². The number of amides is 1. The van der Waals surface area contributed by atoms with Gasteiger partial charge in [-0.15, -0.1) is 0 Å². The van der Waals surface area contributed by atoms with E-state index in [2.05, 4.69) is 44.5 Å². The smallest absolute Gasteiger partial charge is 0.270 e. The molecule has 218 valence electrons. The van der Waals surface area contributed by atoms with Crippen LogP contribution in [0.5, 0.6) is 0 Å². The molecule has 0 radical (unpaired) electrons. The molecule has 3 aromatic rings. The van der Waals surface area contributed by atoms with Crippen molar-refractivity contribution in [3.63, 3.8) is 0 Å². The largest absolute Gasteiger partial charge is 0.381 e. The number of aromatic nitrogens is 2. The number of hydrogen-bond donors (Lipinski definition) is 1. The van der Waals surface area contributed by atoms with Gasteiger partial charge in [-0.25, -0.2) is 14.4 Å². The molecule has 1 atom stereocenters. The number of carbonyl (C=O) groups is 1. The van der Waals surface area contributed by atoms with E-state index in [1.165, 1.54) is 11.1 Å². The predicted octanol–water partition coefficient (Wildman–Crippen LogP) is 5.30. The molecule has 4 aliphatic rings. The average molecular weight is 569 g/mol. The zero-order valence-electron chi connectivity index (χ0n) is 24.0. The van der Waals surface area contributed by atoms with Crippen LogP contribution < -0.4 is 5.32 Å². The fraction of sp³-hybridized carbons (Fsp3) is 0.441. The molecule has 2 aromatic carbocycles. The molecule has 42 heavy (non-hydrogen) atoms. The second kappa shape index (κ2) is 11.3. The highest BCUT2D eigenvalue weighted by Crippen LogP contribution is 2.55. The van der Waals surface area contributed by atoms with Gasteiger partial charge in [-0.2, -0.15) is 0 Å². The molecule has 3 aliphatic heterocycles. The maximum atomic E-state index is 13.8. The van der Waals surface area contributed by atoms with Gasteiger partial charge in [0, 0.05) is 43.8 Å². The van der Waals surface area contributed by atoms with Crippen molar-refractivity contribution in [3.05, 3.63) is 100 Å². The lowest BCUT2D eigenvalue weighted by molar-refractivity contribution is -0.141. The van der Waals surface area contributed by atoms with E-state index in [1.54, 1.807) is 24.4 Å². The third kappa shape index (κ3) is 5.39. The number of benzene rings is 2. The van der Waals surface area contributed by atoms with Crippen molar-refractivity contribution in [1.29, 1.82) is 0 Å². The molecule has 4 fully saturated rings. The van der Waals surface area contributed by atoms with Gasteiger partial charge in [0.2, 0.25) is 0 Å². The summed E-state index contributed by atoms with van der Waals surface area (Å²) in [6.45, 7) is 7.39. The molecule has 7 nitrogen and oxygen atoms in total. The molecular weight excluding hydrogens is 531 g/mol. The van der Waals surface area contributed by atoms with Crippen molar-refractivity contribution in [2.45, 2.75) is 50.6 Å². The Bertz CT molecular complexity index is 1460. The number of carbonyl (C=O) groups excluding carboxylic acids is 1. The number of likely N-dealkylation sites (tertiary alicyclic amines) is 1.